The number of nitrogens with one attached hydrogen (secondary N) is 1. The highest BCUT2D eigenvalue weighted by atomic mass is 19.1. The quantitative estimate of drug-likeness (QED) is 0.792. The Morgan fingerprint density at radius 2 is 2.00 bits per heavy atom. The molecule has 1 fully saturated rings. The normalized spacial score (nSPS) is 18.9. The molecule has 1 atom stereocenters. The summed E-state index contributed by atoms with van der Waals surface area (Å²) in [6.07, 6.45) is 0. The summed E-state index contributed by atoms with van der Waals surface area (Å²) in [5.74, 6) is -0.883. The third-order valence-electron chi connectivity index (χ3n) is 2.99. The Balaban J connectivity index is 2.28. The summed E-state index contributed by atoms with van der Waals surface area (Å²) >= 11 is 0. The molecule has 4 nitrogen and oxygen atoms in total. The second-order valence-electron chi connectivity index (χ2n) is 4.11. The fourth-order valence-corrected chi connectivity index (χ4v) is 2.17. The van der Waals surface area contributed by atoms with Gasteiger partial charge in [0.15, 0.2) is 0 Å². The maximum absolute atomic E-state index is 13.7. The smallest absolute Gasteiger partial charge is 0.239 e. The first-order valence-electron chi connectivity index (χ1n) is 5.68. The van der Waals surface area contributed by atoms with Gasteiger partial charge in [-0.3, -0.25) is 9.69 Å². The number of benzene rings is 1. The molecule has 1 amide bonds. The molecule has 0 saturated carbocycles. The van der Waals surface area contributed by atoms with Crippen LogP contribution >= 0.6 is 0 Å². The van der Waals surface area contributed by atoms with E-state index >= 15 is 0 Å². The van der Waals surface area contributed by atoms with Crippen molar-refractivity contribution >= 4 is 5.91 Å². The van der Waals surface area contributed by atoms with Crippen LogP contribution in [0, 0.1) is 5.82 Å². The van der Waals surface area contributed by atoms with E-state index in [0.717, 1.165) is 13.1 Å². The van der Waals surface area contributed by atoms with Gasteiger partial charge in [0.2, 0.25) is 5.91 Å². The zero-order valence-corrected chi connectivity index (χ0v) is 9.53. The third-order valence-corrected chi connectivity index (χ3v) is 2.99. The van der Waals surface area contributed by atoms with Crippen LogP contribution in [0.5, 0.6) is 0 Å². The van der Waals surface area contributed by atoms with Crippen LogP contribution in [-0.2, 0) is 4.79 Å². The lowest BCUT2D eigenvalue weighted by molar-refractivity contribution is -0.123. The fourth-order valence-electron chi connectivity index (χ4n) is 2.17. The fraction of sp³-hybridized carbons (Fsp3) is 0.417. The highest BCUT2D eigenvalue weighted by Gasteiger charge is 2.28. The molecule has 1 aliphatic heterocycles. The number of hydrogen-bond donors (Lipinski definition) is 2. The summed E-state index contributed by atoms with van der Waals surface area (Å²) in [6.45, 7) is 2.97. The number of carbonyl (C=O) groups is 1. The van der Waals surface area contributed by atoms with Crippen molar-refractivity contribution in [3.63, 3.8) is 0 Å². The van der Waals surface area contributed by atoms with E-state index in [-0.39, 0.29) is 5.82 Å². The van der Waals surface area contributed by atoms with Crippen molar-refractivity contribution < 1.29 is 9.18 Å². The van der Waals surface area contributed by atoms with Gasteiger partial charge in [-0.1, -0.05) is 18.2 Å². The Kier molecular flexibility index (Phi) is 3.71. The van der Waals surface area contributed by atoms with Gasteiger partial charge < -0.3 is 11.1 Å². The molecule has 1 aromatic carbocycles. The van der Waals surface area contributed by atoms with Crippen LogP contribution in [0.4, 0.5) is 4.39 Å². The van der Waals surface area contributed by atoms with Crippen LogP contribution in [0.1, 0.15) is 11.6 Å². The van der Waals surface area contributed by atoms with Crippen molar-refractivity contribution in [1.29, 1.82) is 0 Å². The van der Waals surface area contributed by atoms with Crippen LogP contribution in [0.15, 0.2) is 24.3 Å². The van der Waals surface area contributed by atoms with Crippen molar-refractivity contribution in [2.24, 2.45) is 5.73 Å². The van der Waals surface area contributed by atoms with Gasteiger partial charge in [0, 0.05) is 31.7 Å². The Labute approximate surface area is 99.6 Å². The van der Waals surface area contributed by atoms with Crippen LogP contribution in [-0.4, -0.2) is 37.0 Å². The molecule has 0 radical (unpaired) electrons. The molecule has 1 saturated heterocycles. The molecule has 0 aromatic heterocycles. The number of carbonyl (C=O) groups excluding carboxylic acids is 1. The number of primary amides is 1. The van der Waals surface area contributed by atoms with Crippen molar-refractivity contribution in [3.05, 3.63) is 35.6 Å². The van der Waals surface area contributed by atoms with E-state index in [4.69, 9.17) is 5.73 Å². The lowest BCUT2D eigenvalue weighted by atomic mass is 10.0. The van der Waals surface area contributed by atoms with E-state index in [1.165, 1.54) is 6.07 Å². The molecule has 2 rings (SSSR count). The molecule has 92 valence electrons. The van der Waals surface area contributed by atoms with Crippen LogP contribution < -0.4 is 11.1 Å². The summed E-state index contributed by atoms with van der Waals surface area (Å²) in [5, 5.41) is 3.19. The van der Waals surface area contributed by atoms with Gasteiger partial charge in [0.05, 0.1) is 0 Å². The Morgan fingerprint density at radius 1 is 1.35 bits per heavy atom. The number of piperazine rings is 1. The minimum absolute atomic E-state index is 0.363. The number of hydrogen-bond acceptors (Lipinski definition) is 3. The highest BCUT2D eigenvalue weighted by molar-refractivity contribution is 5.81. The molecule has 5 heteroatoms. The molecule has 0 bridgehead atoms. The molecule has 0 aliphatic carbocycles. The van der Waals surface area contributed by atoms with Gasteiger partial charge in [-0.2, -0.15) is 0 Å². The van der Waals surface area contributed by atoms with E-state index in [1.807, 2.05) is 4.90 Å². The Morgan fingerprint density at radius 3 is 2.59 bits per heavy atom. The van der Waals surface area contributed by atoms with E-state index < -0.39 is 11.9 Å². The first kappa shape index (κ1) is 12.0. The zero-order valence-electron chi connectivity index (χ0n) is 9.53. The highest BCUT2D eigenvalue weighted by Crippen LogP contribution is 2.23. The van der Waals surface area contributed by atoms with Crippen molar-refractivity contribution in [1.82, 2.24) is 10.2 Å². The van der Waals surface area contributed by atoms with Crippen LogP contribution in [0.3, 0.4) is 0 Å². The molecular weight excluding hydrogens is 221 g/mol. The average Bonchev–Trinajstić information content (AvgIpc) is 2.33. The summed E-state index contributed by atoms with van der Waals surface area (Å²) in [4.78, 5) is 13.5. The standard InChI is InChI=1S/C12H16FN3O/c13-10-4-2-1-3-9(10)11(12(14)17)16-7-5-15-6-8-16/h1-4,11,15H,5-8H2,(H2,14,17). The molecule has 1 heterocycles. The Bertz CT molecular complexity index is 404. The first-order chi connectivity index (χ1) is 8.20. The molecule has 1 unspecified atom stereocenters. The summed E-state index contributed by atoms with van der Waals surface area (Å²) in [6, 6.07) is 5.63. The largest absolute Gasteiger partial charge is 0.368 e. The lowest BCUT2D eigenvalue weighted by Gasteiger charge is -2.33. The first-order valence-corrected chi connectivity index (χ1v) is 5.68. The second-order valence-corrected chi connectivity index (χ2v) is 4.11. The van der Waals surface area contributed by atoms with E-state index in [2.05, 4.69) is 5.32 Å². The summed E-state index contributed by atoms with van der Waals surface area (Å²) in [5.41, 5.74) is 5.76. The minimum atomic E-state index is -0.668. The van der Waals surface area contributed by atoms with Crippen LogP contribution in [0.2, 0.25) is 0 Å². The maximum atomic E-state index is 13.7. The van der Waals surface area contributed by atoms with Gasteiger partial charge in [-0.15, -0.1) is 0 Å². The van der Waals surface area contributed by atoms with E-state index in [1.54, 1.807) is 18.2 Å². The molecule has 17 heavy (non-hydrogen) atoms. The minimum Gasteiger partial charge on any atom is -0.368 e. The monoisotopic (exact) mass is 237 g/mol. The number of nitrogens with two attached hydrogens (primary N) is 1. The second kappa shape index (κ2) is 5.25. The summed E-state index contributed by atoms with van der Waals surface area (Å²) < 4.78 is 13.7. The van der Waals surface area contributed by atoms with Gasteiger partial charge in [-0.25, -0.2) is 4.39 Å². The third kappa shape index (κ3) is 2.62. The van der Waals surface area contributed by atoms with Gasteiger partial charge >= 0.3 is 0 Å². The van der Waals surface area contributed by atoms with Crippen LogP contribution in [0.25, 0.3) is 0 Å². The van der Waals surface area contributed by atoms with E-state index in [0.29, 0.717) is 18.7 Å². The number of amides is 1. The predicted octanol–water partition coefficient (Wildman–Crippen LogP) is 0.257. The topological polar surface area (TPSA) is 58.4 Å². The van der Waals surface area contributed by atoms with Gasteiger partial charge in [0.1, 0.15) is 11.9 Å². The summed E-state index contributed by atoms with van der Waals surface area (Å²) in [7, 11) is 0. The number of rotatable bonds is 3. The Hall–Kier alpha value is -1.46. The van der Waals surface area contributed by atoms with Crippen molar-refractivity contribution in [2.45, 2.75) is 6.04 Å². The van der Waals surface area contributed by atoms with Crippen molar-refractivity contribution in [3.8, 4) is 0 Å². The van der Waals surface area contributed by atoms with Gasteiger partial charge in [-0.05, 0) is 6.07 Å². The zero-order chi connectivity index (χ0) is 12.3. The van der Waals surface area contributed by atoms with E-state index in [9.17, 15) is 9.18 Å². The molecule has 1 aromatic rings. The number of halogens is 1. The van der Waals surface area contributed by atoms with Gasteiger partial charge in [0.25, 0.3) is 0 Å². The molecule has 3 N–H and O–H groups in total. The molecular formula is C12H16FN3O. The maximum Gasteiger partial charge on any atom is 0.239 e. The number of nitrogens with zero attached hydrogens (tertiary/aromatic N) is 1. The molecule has 0 spiro atoms. The lowest BCUT2D eigenvalue weighted by Crippen LogP contribution is -2.48. The molecule has 1 aliphatic rings. The van der Waals surface area contributed by atoms with Crippen molar-refractivity contribution in [2.75, 3.05) is 26.2 Å². The SMILES string of the molecule is NC(=O)C(c1ccccc1F)N1CCNCC1. The predicted molar refractivity (Wildman–Crippen MR) is 62.8 cm³/mol. The average molecular weight is 237 g/mol.